The maximum Gasteiger partial charge on any atom is 0.224 e. The summed E-state index contributed by atoms with van der Waals surface area (Å²) in [6.07, 6.45) is 9.09. The molecule has 130 valence electrons. The number of fused-ring (bicyclic) bond motifs is 1. The molecule has 0 amide bonds. The zero-order chi connectivity index (χ0) is 17.8. The average Bonchev–Trinajstić information content (AvgIpc) is 3.13. The van der Waals surface area contributed by atoms with E-state index in [1.807, 2.05) is 59.8 Å². The smallest absolute Gasteiger partial charge is 0.224 e. The Bertz CT molecular complexity index is 1010. The first-order valence-corrected chi connectivity index (χ1v) is 8.76. The molecule has 0 atom stereocenters. The molecule has 4 aromatic rings. The van der Waals surface area contributed by atoms with Crippen LogP contribution in [0.15, 0.2) is 61.3 Å². The van der Waals surface area contributed by atoms with Gasteiger partial charge in [0.15, 0.2) is 0 Å². The molecule has 0 unspecified atom stereocenters. The van der Waals surface area contributed by atoms with Crippen molar-refractivity contribution in [2.75, 3.05) is 11.9 Å². The topological polar surface area (TPSA) is 68.5 Å². The third-order valence-electron chi connectivity index (χ3n) is 4.35. The van der Waals surface area contributed by atoms with Gasteiger partial charge in [-0.2, -0.15) is 4.98 Å². The van der Waals surface area contributed by atoms with Crippen LogP contribution >= 0.6 is 0 Å². The highest BCUT2D eigenvalue weighted by Crippen LogP contribution is 2.20. The summed E-state index contributed by atoms with van der Waals surface area (Å²) >= 11 is 0. The minimum atomic E-state index is 0.629. The minimum absolute atomic E-state index is 0.629. The first-order chi connectivity index (χ1) is 12.8. The Morgan fingerprint density at radius 1 is 1.04 bits per heavy atom. The Morgan fingerprint density at radius 3 is 2.73 bits per heavy atom. The molecular weight excluding hydrogens is 324 g/mol. The van der Waals surface area contributed by atoms with E-state index in [1.54, 1.807) is 0 Å². The van der Waals surface area contributed by atoms with Crippen molar-refractivity contribution < 1.29 is 0 Å². The van der Waals surface area contributed by atoms with E-state index in [2.05, 4.69) is 33.3 Å². The lowest BCUT2D eigenvalue weighted by atomic mass is 10.2. The fraction of sp³-hybridized carbons (Fsp3) is 0.200. The second-order valence-corrected chi connectivity index (χ2v) is 6.03. The predicted octanol–water partition coefficient (Wildman–Crippen LogP) is 3.43. The zero-order valence-corrected chi connectivity index (χ0v) is 14.6. The summed E-state index contributed by atoms with van der Waals surface area (Å²) in [6.45, 7) is 2.87. The minimum Gasteiger partial charge on any atom is -0.354 e. The number of imidazole rings is 1. The van der Waals surface area contributed by atoms with Gasteiger partial charge in [0.1, 0.15) is 12.1 Å². The van der Waals surface area contributed by atoms with E-state index in [4.69, 9.17) is 4.98 Å². The van der Waals surface area contributed by atoms with Gasteiger partial charge in [0.2, 0.25) is 5.95 Å². The molecule has 0 radical (unpaired) electrons. The Kier molecular flexibility index (Phi) is 4.55. The second-order valence-electron chi connectivity index (χ2n) is 6.03. The maximum absolute atomic E-state index is 4.76. The van der Waals surface area contributed by atoms with Gasteiger partial charge in [-0.15, -0.1) is 0 Å². The summed E-state index contributed by atoms with van der Waals surface area (Å²) in [4.78, 5) is 17.7. The summed E-state index contributed by atoms with van der Waals surface area (Å²) in [6, 6.07) is 12.1. The van der Waals surface area contributed by atoms with Crippen molar-refractivity contribution >= 4 is 17.0 Å². The molecule has 4 rings (SSSR count). The normalized spacial score (nSPS) is 11.0. The van der Waals surface area contributed by atoms with Crippen LogP contribution in [-0.2, 0) is 12.8 Å². The van der Waals surface area contributed by atoms with Crippen LogP contribution in [0.25, 0.3) is 16.9 Å². The van der Waals surface area contributed by atoms with Crippen molar-refractivity contribution in [3.63, 3.8) is 0 Å². The van der Waals surface area contributed by atoms with Crippen LogP contribution in [-0.4, -0.2) is 31.0 Å². The van der Waals surface area contributed by atoms with E-state index in [0.717, 1.165) is 41.8 Å². The first kappa shape index (κ1) is 16.2. The summed E-state index contributed by atoms with van der Waals surface area (Å²) in [5.74, 6) is 1.51. The second kappa shape index (κ2) is 7.31. The van der Waals surface area contributed by atoms with Crippen LogP contribution in [0.4, 0.5) is 5.95 Å². The number of aromatic nitrogens is 5. The SMILES string of the molecule is CCc1cnc(NCCc2ccncc2)nc1-n1cnc2ccccc21. The van der Waals surface area contributed by atoms with Gasteiger partial charge in [0, 0.05) is 30.7 Å². The molecule has 0 saturated carbocycles. The van der Waals surface area contributed by atoms with Gasteiger partial charge in [-0.05, 0) is 42.7 Å². The third kappa shape index (κ3) is 3.26. The number of benzene rings is 1. The van der Waals surface area contributed by atoms with E-state index in [0.29, 0.717) is 5.95 Å². The third-order valence-corrected chi connectivity index (χ3v) is 4.35. The van der Waals surface area contributed by atoms with Crippen LogP contribution in [0.5, 0.6) is 0 Å². The number of rotatable bonds is 6. The monoisotopic (exact) mass is 344 g/mol. The lowest BCUT2D eigenvalue weighted by Gasteiger charge is -2.11. The van der Waals surface area contributed by atoms with E-state index in [-0.39, 0.29) is 0 Å². The standard InChI is InChI=1S/C20H20N6/c1-2-16-13-23-20(22-12-9-15-7-10-21-11-8-15)25-19(16)26-14-24-17-5-3-4-6-18(17)26/h3-8,10-11,13-14H,2,9,12H2,1H3,(H,22,23,25). The number of hydrogen-bond donors (Lipinski definition) is 1. The van der Waals surface area contributed by atoms with Crippen molar-refractivity contribution in [3.8, 4) is 5.82 Å². The highest BCUT2D eigenvalue weighted by molar-refractivity contribution is 5.77. The Balaban J connectivity index is 1.59. The van der Waals surface area contributed by atoms with Gasteiger partial charge in [-0.1, -0.05) is 19.1 Å². The number of anilines is 1. The molecule has 26 heavy (non-hydrogen) atoms. The molecule has 6 heteroatoms. The van der Waals surface area contributed by atoms with Crippen molar-refractivity contribution in [1.29, 1.82) is 0 Å². The predicted molar refractivity (Wildman–Crippen MR) is 102 cm³/mol. The van der Waals surface area contributed by atoms with Gasteiger partial charge in [0.05, 0.1) is 11.0 Å². The molecule has 0 aliphatic carbocycles. The van der Waals surface area contributed by atoms with Gasteiger partial charge in [-0.25, -0.2) is 9.97 Å². The van der Waals surface area contributed by atoms with Crippen LogP contribution in [0.3, 0.4) is 0 Å². The number of pyridine rings is 1. The van der Waals surface area contributed by atoms with Gasteiger partial charge >= 0.3 is 0 Å². The van der Waals surface area contributed by atoms with Crippen LogP contribution < -0.4 is 5.32 Å². The van der Waals surface area contributed by atoms with Crippen LogP contribution in [0.2, 0.25) is 0 Å². The number of nitrogens with one attached hydrogen (secondary N) is 1. The molecule has 0 saturated heterocycles. The van der Waals surface area contributed by atoms with Crippen LogP contribution in [0.1, 0.15) is 18.1 Å². The van der Waals surface area contributed by atoms with E-state index < -0.39 is 0 Å². The van der Waals surface area contributed by atoms with Crippen molar-refractivity contribution in [1.82, 2.24) is 24.5 Å². The average molecular weight is 344 g/mol. The van der Waals surface area contributed by atoms with Crippen molar-refractivity contribution in [3.05, 3.63) is 72.4 Å². The number of hydrogen-bond acceptors (Lipinski definition) is 5. The molecule has 6 nitrogen and oxygen atoms in total. The lowest BCUT2D eigenvalue weighted by molar-refractivity contribution is 0.919. The van der Waals surface area contributed by atoms with Gasteiger partial charge < -0.3 is 5.32 Å². The Labute approximate surface area is 152 Å². The van der Waals surface area contributed by atoms with E-state index >= 15 is 0 Å². The number of nitrogens with zero attached hydrogens (tertiary/aromatic N) is 5. The highest BCUT2D eigenvalue weighted by Gasteiger charge is 2.11. The number of aryl methyl sites for hydroxylation is 1. The quantitative estimate of drug-likeness (QED) is 0.580. The molecule has 0 aliphatic heterocycles. The molecule has 1 aromatic carbocycles. The summed E-state index contributed by atoms with van der Waals surface area (Å²) in [5.41, 5.74) is 4.33. The zero-order valence-electron chi connectivity index (χ0n) is 14.6. The Hall–Kier alpha value is -3.28. The van der Waals surface area contributed by atoms with Gasteiger partial charge in [-0.3, -0.25) is 9.55 Å². The van der Waals surface area contributed by atoms with Crippen molar-refractivity contribution in [2.24, 2.45) is 0 Å². The summed E-state index contributed by atoms with van der Waals surface area (Å²) in [5, 5.41) is 3.32. The van der Waals surface area contributed by atoms with Crippen LogP contribution in [0, 0.1) is 0 Å². The molecule has 0 fully saturated rings. The summed E-state index contributed by atoms with van der Waals surface area (Å²) < 4.78 is 2.03. The van der Waals surface area contributed by atoms with Crippen molar-refractivity contribution in [2.45, 2.75) is 19.8 Å². The highest BCUT2D eigenvalue weighted by atomic mass is 15.2. The fourth-order valence-electron chi connectivity index (χ4n) is 2.94. The molecule has 0 aliphatic rings. The Morgan fingerprint density at radius 2 is 1.88 bits per heavy atom. The molecular formula is C20H20N6. The van der Waals surface area contributed by atoms with Gasteiger partial charge in [0.25, 0.3) is 0 Å². The first-order valence-electron chi connectivity index (χ1n) is 8.76. The maximum atomic E-state index is 4.76. The largest absolute Gasteiger partial charge is 0.354 e. The fourth-order valence-corrected chi connectivity index (χ4v) is 2.94. The molecule has 1 N–H and O–H groups in total. The van der Waals surface area contributed by atoms with E-state index in [9.17, 15) is 0 Å². The lowest BCUT2D eigenvalue weighted by Crippen LogP contribution is -2.11. The molecule has 0 bridgehead atoms. The molecule has 3 heterocycles. The van der Waals surface area contributed by atoms with E-state index in [1.165, 1.54) is 5.56 Å². The number of para-hydroxylation sites is 2. The molecule has 0 spiro atoms. The summed E-state index contributed by atoms with van der Waals surface area (Å²) in [7, 11) is 0. The molecule has 3 aromatic heterocycles.